The second-order valence-corrected chi connectivity index (χ2v) is 21.3. The monoisotopic (exact) mass is 1060 g/mol. The van der Waals surface area contributed by atoms with E-state index in [-0.39, 0.29) is 0 Å². The van der Waals surface area contributed by atoms with E-state index >= 15 is 0 Å². The summed E-state index contributed by atoms with van der Waals surface area (Å²) in [6.45, 7) is 0. The van der Waals surface area contributed by atoms with Gasteiger partial charge in [-0.1, -0.05) is 127 Å². The maximum atomic E-state index is 5.90. The van der Waals surface area contributed by atoms with Crippen LogP contribution in [0.1, 0.15) is 0 Å². The van der Waals surface area contributed by atoms with Crippen molar-refractivity contribution >= 4 is 125 Å². The Hall–Kier alpha value is -10.8. The fourth-order valence-electron chi connectivity index (χ4n) is 13.4. The number of para-hydroxylation sites is 16. The molecule has 16 rings (SSSR count). The molecule has 4 aliphatic heterocycles. The summed E-state index contributed by atoms with van der Waals surface area (Å²) in [6.07, 6.45) is 1.88. The molecule has 11 nitrogen and oxygen atoms in total. The van der Waals surface area contributed by atoms with E-state index in [1.807, 2.05) is 12.3 Å². The van der Waals surface area contributed by atoms with Gasteiger partial charge in [0.1, 0.15) is 11.3 Å². The van der Waals surface area contributed by atoms with Crippen LogP contribution >= 0.6 is 0 Å². The molecule has 4 aliphatic rings. The van der Waals surface area contributed by atoms with Crippen LogP contribution in [0.5, 0.6) is 0 Å². The molecule has 0 fully saturated rings. The van der Waals surface area contributed by atoms with Crippen LogP contribution in [0.3, 0.4) is 0 Å². The fourth-order valence-corrected chi connectivity index (χ4v) is 13.4. The normalized spacial score (nSPS) is 13.7. The molecule has 0 saturated heterocycles. The molecule has 82 heavy (non-hydrogen) atoms. The van der Waals surface area contributed by atoms with Gasteiger partial charge in [-0.15, -0.1) is 0 Å². The second kappa shape index (κ2) is 18.1. The first-order chi connectivity index (χ1) is 40.4. The van der Waals surface area contributed by atoms with E-state index in [0.29, 0.717) is 0 Å². The topological polar surface area (TPSA) is 56.6 Å². The summed E-state index contributed by atoms with van der Waals surface area (Å²) in [5.41, 5.74) is 25.0. The van der Waals surface area contributed by atoms with Crippen LogP contribution in [-0.4, -0.2) is 42.7 Å². The third-order valence-corrected chi connectivity index (χ3v) is 17.1. The molecule has 10 aromatic carbocycles. The molecule has 0 aliphatic carbocycles. The number of anilines is 20. The smallest absolute Gasteiger partial charge is 0.160 e. The summed E-state index contributed by atoms with van der Waals surface area (Å²) in [6, 6.07) is 86.0. The lowest BCUT2D eigenvalue weighted by Crippen LogP contribution is -2.32. The quantitative estimate of drug-likeness (QED) is 0.161. The Labute approximate surface area is 476 Å². The molecule has 0 unspecified atom stereocenters. The molecule has 0 amide bonds. The van der Waals surface area contributed by atoms with Crippen LogP contribution in [0.4, 0.5) is 114 Å². The number of benzene rings is 10. The Bertz CT molecular complexity index is 4150. The van der Waals surface area contributed by atoms with Crippen LogP contribution in [0, 0.1) is 0 Å². The van der Waals surface area contributed by atoms with Crippen molar-refractivity contribution in [1.29, 1.82) is 0 Å². The van der Waals surface area contributed by atoms with Gasteiger partial charge in [-0.2, -0.15) is 0 Å². The summed E-state index contributed by atoms with van der Waals surface area (Å²) in [5, 5.41) is 0. The van der Waals surface area contributed by atoms with Gasteiger partial charge in [-0.25, -0.2) is 9.97 Å². The van der Waals surface area contributed by atoms with E-state index in [0.717, 1.165) is 147 Å². The minimum Gasteiger partial charge on any atom is -0.341 e. The standard InChI is InChI=1S/C71H55N11/c1-74-48-29-9-17-37-56(48)79(57-38-18-10-30-49(57)74)66-64(46-26-7-6-8-27-46)67(80-58-39-19-11-31-50(58)75(2)51-32-12-20-40-59(51)80)69(82-62-43-23-15-35-54(62)77(4)55-36-16-24-44-63(55)82)65(71-73-47-28-25-45-72-70(47)78(71)5)68(66)81-60-41-21-13-33-52(60)76(3)53-34-14-22-42-61(53)81/h6-45H,1-5H3. The Kier molecular flexibility index (Phi) is 10.4. The number of imidazole rings is 1. The van der Waals surface area contributed by atoms with E-state index in [4.69, 9.17) is 9.97 Å². The summed E-state index contributed by atoms with van der Waals surface area (Å²) in [7, 11) is 10.9. The van der Waals surface area contributed by atoms with E-state index < -0.39 is 0 Å². The molecule has 0 radical (unpaired) electrons. The Morgan fingerprint density at radius 3 is 0.793 bits per heavy atom. The van der Waals surface area contributed by atoms with Crippen molar-refractivity contribution in [2.24, 2.45) is 7.05 Å². The number of rotatable bonds is 6. The number of aromatic nitrogens is 3. The predicted octanol–water partition coefficient (Wildman–Crippen LogP) is 18.5. The number of hydrogen-bond acceptors (Lipinski definition) is 10. The van der Waals surface area contributed by atoms with Crippen LogP contribution in [0.25, 0.3) is 33.7 Å². The van der Waals surface area contributed by atoms with Gasteiger partial charge in [0.2, 0.25) is 0 Å². The summed E-state index contributed by atoms with van der Waals surface area (Å²) < 4.78 is 2.22. The molecular weight excluding hydrogens is 1010 g/mol. The van der Waals surface area contributed by atoms with Gasteiger partial charge in [0, 0.05) is 47.0 Å². The Balaban J connectivity index is 1.25. The van der Waals surface area contributed by atoms with Crippen LogP contribution < -0.4 is 39.2 Å². The first-order valence-electron chi connectivity index (χ1n) is 27.8. The van der Waals surface area contributed by atoms with Crippen molar-refractivity contribution in [3.8, 4) is 22.5 Å². The van der Waals surface area contributed by atoms with Crippen LogP contribution in [-0.2, 0) is 7.05 Å². The molecule has 2 aromatic heterocycles. The zero-order valence-corrected chi connectivity index (χ0v) is 46.0. The zero-order chi connectivity index (χ0) is 54.9. The van der Waals surface area contributed by atoms with E-state index in [2.05, 4.69) is 310 Å². The highest BCUT2D eigenvalue weighted by atomic mass is 15.3. The van der Waals surface area contributed by atoms with Crippen molar-refractivity contribution in [2.75, 3.05) is 67.4 Å². The van der Waals surface area contributed by atoms with E-state index in [9.17, 15) is 0 Å². The minimum atomic E-state index is 0.745. The number of pyridine rings is 1. The first-order valence-corrected chi connectivity index (χ1v) is 27.8. The third-order valence-electron chi connectivity index (χ3n) is 17.1. The molecule has 0 saturated carbocycles. The minimum absolute atomic E-state index is 0.745. The molecule has 0 bridgehead atoms. The second-order valence-electron chi connectivity index (χ2n) is 21.3. The van der Waals surface area contributed by atoms with Crippen molar-refractivity contribution in [2.45, 2.75) is 0 Å². The van der Waals surface area contributed by atoms with E-state index in [1.165, 1.54) is 0 Å². The lowest BCUT2D eigenvalue weighted by atomic mass is 9.88. The number of fused-ring (bicyclic) bond motifs is 9. The molecule has 0 spiro atoms. The van der Waals surface area contributed by atoms with Gasteiger partial charge in [-0.3, -0.25) is 0 Å². The molecule has 11 heteroatoms. The molecule has 12 aromatic rings. The SMILES string of the molecule is CN1c2ccccc2N(c2c(-c3ccccc3)c(N3c4ccccc4N(C)c4ccccc43)c(N3c4ccccc4N(C)c4ccccc43)c(-c3nc4cccnc4n3C)c2N2c3ccccc3N(C)c3ccccc32)c2ccccc21. The van der Waals surface area contributed by atoms with Crippen molar-refractivity contribution in [1.82, 2.24) is 14.5 Å². The van der Waals surface area contributed by atoms with Gasteiger partial charge < -0.3 is 43.8 Å². The average Bonchev–Trinajstić information content (AvgIpc) is 3.25. The van der Waals surface area contributed by atoms with Gasteiger partial charge in [-0.05, 0) is 115 Å². The molecular formula is C71H55N11. The van der Waals surface area contributed by atoms with Gasteiger partial charge in [0.15, 0.2) is 5.65 Å². The molecule has 394 valence electrons. The van der Waals surface area contributed by atoms with Gasteiger partial charge in [0.25, 0.3) is 0 Å². The summed E-state index contributed by atoms with van der Waals surface area (Å²) >= 11 is 0. The molecule has 0 atom stereocenters. The maximum Gasteiger partial charge on any atom is 0.160 e. The zero-order valence-electron chi connectivity index (χ0n) is 46.0. The van der Waals surface area contributed by atoms with Crippen molar-refractivity contribution in [3.63, 3.8) is 0 Å². The molecule has 0 N–H and O–H groups in total. The van der Waals surface area contributed by atoms with Gasteiger partial charge in [0.05, 0.1) is 119 Å². The van der Waals surface area contributed by atoms with Crippen LogP contribution in [0.2, 0.25) is 0 Å². The predicted molar refractivity (Wildman–Crippen MR) is 340 cm³/mol. The van der Waals surface area contributed by atoms with Crippen LogP contribution in [0.15, 0.2) is 243 Å². The van der Waals surface area contributed by atoms with Gasteiger partial charge >= 0.3 is 0 Å². The highest BCUT2D eigenvalue weighted by Gasteiger charge is 2.46. The lowest BCUT2D eigenvalue weighted by Gasteiger charge is -2.48. The third kappa shape index (κ3) is 6.64. The lowest BCUT2D eigenvalue weighted by molar-refractivity contribution is 0.940. The van der Waals surface area contributed by atoms with Crippen molar-refractivity contribution in [3.05, 3.63) is 243 Å². The summed E-state index contributed by atoms with van der Waals surface area (Å²) in [4.78, 5) is 30.6. The highest BCUT2D eigenvalue weighted by molar-refractivity contribution is 6.23. The first kappa shape index (κ1) is 47.2. The number of hydrogen-bond donors (Lipinski definition) is 0. The number of aryl methyl sites for hydroxylation is 1. The summed E-state index contributed by atoms with van der Waals surface area (Å²) in [5.74, 6) is 0.745. The average molecular weight is 1060 g/mol. The number of nitrogens with zero attached hydrogens (tertiary/aromatic N) is 11. The highest BCUT2D eigenvalue weighted by Crippen LogP contribution is 2.70. The largest absolute Gasteiger partial charge is 0.341 e. The molecule has 6 heterocycles. The Morgan fingerprint density at radius 2 is 0.512 bits per heavy atom. The van der Waals surface area contributed by atoms with E-state index in [1.54, 1.807) is 0 Å². The fraction of sp³-hybridized carbons (Fsp3) is 0.0704. The van der Waals surface area contributed by atoms with Crippen molar-refractivity contribution < 1.29 is 0 Å². The maximum absolute atomic E-state index is 5.90. The Morgan fingerprint density at radius 1 is 0.256 bits per heavy atom.